The molecule has 0 amide bonds. The van der Waals surface area contributed by atoms with E-state index in [1.54, 1.807) is 54.1 Å². The molecule has 0 spiro atoms. The average molecular weight is 412 g/mol. The van der Waals surface area contributed by atoms with Crippen LogP contribution in [0.2, 0.25) is 5.02 Å². The topological polar surface area (TPSA) is 53.0 Å². The summed E-state index contributed by atoms with van der Waals surface area (Å²) in [5.74, 6) is 0. The van der Waals surface area contributed by atoms with Gasteiger partial charge >= 0.3 is 0 Å². The molecule has 2 aromatic carbocycles. The molecule has 0 saturated carbocycles. The van der Waals surface area contributed by atoms with Crippen molar-refractivity contribution in [1.82, 2.24) is 8.02 Å². The van der Waals surface area contributed by atoms with E-state index in [0.29, 0.717) is 5.02 Å². The molecule has 0 aliphatic heterocycles. The zero-order valence-electron chi connectivity index (χ0n) is 15.1. The summed E-state index contributed by atoms with van der Waals surface area (Å²) in [5, 5.41) is 0.657. The molecule has 5 nitrogen and oxygen atoms in total. The van der Waals surface area contributed by atoms with Gasteiger partial charge in [-0.2, -0.15) is 0 Å². The van der Waals surface area contributed by atoms with E-state index >= 15 is 0 Å². The lowest BCUT2D eigenvalue weighted by Gasteiger charge is -2.27. The molecule has 0 bridgehead atoms. The number of hydrogen-bond acceptors (Lipinski definition) is 4. The van der Waals surface area contributed by atoms with E-state index in [4.69, 9.17) is 11.6 Å². The van der Waals surface area contributed by atoms with Crippen LogP contribution in [0.1, 0.15) is 19.4 Å². The molecule has 2 rings (SSSR count). The van der Waals surface area contributed by atoms with Gasteiger partial charge in [0.1, 0.15) is 6.34 Å². The number of nitrogens with zero attached hydrogens (tertiary/aromatic N) is 3. The highest BCUT2D eigenvalue weighted by molar-refractivity contribution is 8.07. The summed E-state index contributed by atoms with van der Waals surface area (Å²) < 4.78 is 28.8. The first-order valence-electron chi connectivity index (χ1n) is 8.02. The molecular formula is C18H22ClN3O2S2. The first-order chi connectivity index (χ1) is 12.2. The standard InChI is InChI=1S/C18H22ClN3O2S2/c1-14(2)22(26(23,24)17-8-6-5-7-9-17)25-21(4)13-20-18-11-10-16(19)12-15(18)3/h5-14H,1-4H3/b20-13+. The second-order valence-electron chi connectivity index (χ2n) is 5.97. The van der Waals surface area contributed by atoms with Crippen molar-refractivity contribution >= 4 is 45.8 Å². The molecule has 0 radical (unpaired) electrons. The van der Waals surface area contributed by atoms with Gasteiger partial charge in [0.15, 0.2) is 0 Å². The van der Waals surface area contributed by atoms with Gasteiger partial charge in [-0.3, -0.25) is 4.31 Å². The number of aliphatic imine (C=N–C) groups is 1. The molecule has 0 unspecified atom stereocenters. The summed E-state index contributed by atoms with van der Waals surface area (Å²) in [6.07, 6.45) is 1.59. The molecule has 0 atom stereocenters. The third-order valence-corrected chi connectivity index (χ3v) is 7.15. The minimum atomic E-state index is -3.62. The predicted octanol–water partition coefficient (Wildman–Crippen LogP) is 4.90. The van der Waals surface area contributed by atoms with Crippen LogP contribution in [0.15, 0.2) is 58.4 Å². The first kappa shape index (κ1) is 20.8. The predicted molar refractivity (Wildman–Crippen MR) is 110 cm³/mol. The van der Waals surface area contributed by atoms with Crippen molar-refractivity contribution in [3.8, 4) is 0 Å². The fourth-order valence-electron chi connectivity index (χ4n) is 2.17. The van der Waals surface area contributed by atoms with Gasteiger partial charge < -0.3 is 0 Å². The first-order valence-corrected chi connectivity index (χ1v) is 10.6. The maximum absolute atomic E-state index is 12.9. The number of sulfonamides is 1. The summed E-state index contributed by atoms with van der Waals surface area (Å²) in [6.45, 7) is 5.59. The monoisotopic (exact) mass is 411 g/mol. The fraction of sp³-hybridized carbons (Fsp3) is 0.278. The molecular weight excluding hydrogens is 390 g/mol. The molecule has 8 heteroatoms. The quantitative estimate of drug-likeness (QED) is 0.369. The number of halogens is 1. The van der Waals surface area contributed by atoms with Crippen LogP contribution in [0.5, 0.6) is 0 Å². The lowest BCUT2D eigenvalue weighted by molar-refractivity contribution is 0.495. The van der Waals surface area contributed by atoms with Gasteiger partial charge in [-0.1, -0.05) is 29.8 Å². The van der Waals surface area contributed by atoms with E-state index in [1.165, 1.54) is 3.71 Å². The zero-order valence-corrected chi connectivity index (χ0v) is 17.5. The Balaban J connectivity index is 2.18. The highest BCUT2D eigenvalue weighted by Crippen LogP contribution is 2.28. The van der Waals surface area contributed by atoms with Gasteiger partial charge in [-0.05, 0) is 56.7 Å². The summed E-state index contributed by atoms with van der Waals surface area (Å²) in [4.78, 5) is 4.68. The minimum Gasteiger partial charge on any atom is -0.296 e. The van der Waals surface area contributed by atoms with Crippen molar-refractivity contribution < 1.29 is 8.42 Å². The molecule has 0 aliphatic rings. The third kappa shape index (κ3) is 5.23. The Morgan fingerprint density at radius 3 is 2.38 bits per heavy atom. The lowest BCUT2D eigenvalue weighted by atomic mass is 10.2. The number of hydrogen-bond donors (Lipinski definition) is 0. The molecule has 0 saturated heterocycles. The van der Waals surface area contributed by atoms with Crippen LogP contribution in [-0.4, -0.2) is 35.9 Å². The second-order valence-corrected chi connectivity index (χ2v) is 9.59. The van der Waals surface area contributed by atoms with Gasteiger partial charge in [0.05, 0.1) is 22.7 Å². The van der Waals surface area contributed by atoms with E-state index in [-0.39, 0.29) is 10.9 Å². The SMILES string of the molecule is Cc1cc(Cl)ccc1/N=C/N(C)SN(C(C)C)S(=O)(=O)c1ccccc1. The van der Waals surface area contributed by atoms with E-state index in [1.807, 2.05) is 32.9 Å². The van der Waals surface area contributed by atoms with Crippen molar-refractivity contribution in [1.29, 1.82) is 0 Å². The van der Waals surface area contributed by atoms with Crippen LogP contribution in [0.25, 0.3) is 0 Å². The van der Waals surface area contributed by atoms with Crippen LogP contribution in [0.3, 0.4) is 0 Å². The number of aryl methyl sites for hydroxylation is 1. The van der Waals surface area contributed by atoms with Gasteiger partial charge in [0, 0.05) is 18.1 Å². The summed E-state index contributed by atoms with van der Waals surface area (Å²) in [7, 11) is -1.86. The Hall–Kier alpha value is -1.54. The molecule has 26 heavy (non-hydrogen) atoms. The fourth-order valence-corrected chi connectivity index (χ4v) is 5.11. The van der Waals surface area contributed by atoms with E-state index in [0.717, 1.165) is 23.4 Å². The molecule has 0 heterocycles. The summed E-state index contributed by atoms with van der Waals surface area (Å²) in [5.41, 5.74) is 1.73. The Kier molecular flexibility index (Phi) is 7.11. The van der Waals surface area contributed by atoms with E-state index in [2.05, 4.69) is 4.99 Å². The molecule has 140 valence electrons. The van der Waals surface area contributed by atoms with Gasteiger partial charge in [0.25, 0.3) is 10.0 Å². The highest BCUT2D eigenvalue weighted by Gasteiger charge is 2.29. The van der Waals surface area contributed by atoms with Crippen LogP contribution in [-0.2, 0) is 10.0 Å². The Morgan fingerprint density at radius 1 is 1.15 bits per heavy atom. The zero-order chi connectivity index (χ0) is 19.3. The maximum Gasteiger partial charge on any atom is 0.253 e. The largest absolute Gasteiger partial charge is 0.296 e. The molecule has 0 aromatic heterocycles. The molecule has 2 aromatic rings. The van der Waals surface area contributed by atoms with Crippen LogP contribution >= 0.6 is 23.7 Å². The van der Waals surface area contributed by atoms with Crippen molar-refractivity contribution in [2.75, 3.05) is 7.05 Å². The molecule has 0 N–H and O–H groups in total. The Morgan fingerprint density at radius 2 is 1.81 bits per heavy atom. The van der Waals surface area contributed by atoms with Crippen molar-refractivity contribution in [3.63, 3.8) is 0 Å². The van der Waals surface area contributed by atoms with Crippen LogP contribution in [0.4, 0.5) is 5.69 Å². The Labute approximate surface area is 165 Å². The van der Waals surface area contributed by atoms with Crippen molar-refractivity contribution in [3.05, 3.63) is 59.1 Å². The van der Waals surface area contributed by atoms with E-state index < -0.39 is 10.0 Å². The lowest BCUT2D eigenvalue weighted by Crippen LogP contribution is -2.34. The van der Waals surface area contributed by atoms with Crippen molar-refractivity contribution in [2.24, 2.45) is 4.99 Å². The Bertz CT molecular complexity index is 871. The van der Waals surface area contributed by atoms with Gasteiger partial charge in [0.2, 0.25) is 0 Å². The minimum absolute atomic E-state index is 0.224. The summed E-state index contributed by atoms with van der Waals surface area (Å²) >= 11 is 7.04. The van der Waals surface area contributed by atoms with Crippen LogP contribution < -0.4 is 0 Å². The molecule has 0 fully saturated rings. The highest BCUT2D eigenvalue weighted by atomic mass is 35.5. The smallest absolute Gasteiger partial charge is 0.253 e. The second kappa shape index (κ2) is 8.90. The molecule has 0 aliphatic carbocycles. The van der Waals surface area contributed by atoms with Crippen LogP contribution in [0, 0.1) is 6.92 Å². The average Bonchev–Trinajstić information content (AvgIpc) is 2.59. The van der Waals surface area contributed by atoms with Gasteiger partial charge in [-0.25, -0.2) is 13.4 Å². The third-order valence-electron chi connectivity index (χ3n) is 3.43. The normalized spacial score (nSPS) is 12.3. The summed E-state index contributed by atoms with van der Waals surface area (Å²) in [6, 6.07) is 13.6. The van der Waals surface area contributed by atoms with Gasteiger partial charge in [-0.15, -0.1) is 3.71 Å². The maximum atomic E-state index is 12.9. The van der Waals surface area contributed by atoms with Crippen molar-refractivity contribution in [2.45, 2.75) is 31.7 Å². The number of rotatable bonds is 7. The van der Waals surface area contributed by atoms with E-state index in [9.17, 15) is 8.42 Å². The number of benzene rings is 2.